The topological polar surface area (TPSA) is 34.0 Å². The molecule has 0 amide bonds. The lowest BCUT2D eigenvalue weighted by Gasteiger charge is -2.32. The number of aryl methyl sites for hydroxylation is 1. The molecule has 1 aromatic heterocycles. The van der Waals surface area contributed by atoms with Gasteiger partial charge in [-0.05, 0) is 37.9 Å². The second-order valence-corrected chi connectivity index (χ2v) is 6.98. The molecule has 1 saturated heterocycles. The molecule has 1 fully saturated rings. The summed E-state index contributed by atoms with van der Waals surface area (Å²) >= 11 is 5.83. The molecule has 2 aliphatic rings. The Bertz CT molecular complexity index is 715. The van der Waals surface area contributed by atoms with Gasteiger partial charge in [0.05, 0.1) is 0 Å². The molecule has 0 bridgehead atoms. The first kappa shape index (κ1) is 15.1. The highest BCUT2D eigenvalue weighted by Gasteiger charge is 2.28. The normalized spacial score (nSPS) is 21.6. The number of fused-ring (bicyclic) bond motifs is 1. The predicted octanol–water partition coefficient (Wildman–Crippen LogP) is 3.40. The van der Waals surface area contributed by atoms with Crippen LogP contribution >= 0.6 is 11.6 Å². The first-order valence-corrected chi connectivity index (χ1v) is 8.67. The molecule has 0 radical (unpaired) electrons. The van der Waals surface area contributed by atoms with Crippen molar-refractivity contribution in [2.45, 2.75) is 44.7 Å². The van der Waals surface area contributed by atoms with E-state index in [1.54, 1.807) is 12.1 Å². The SMILES string of the molecule is Fc1cc(Cl)ccc1CN1CCC[C@H](c2nnc3n2CCC3)C1. The van der Waals surface area contributed by atoms with Gasteiger partial charge in [0, 0.05) is 42.6 Å². The van der Waals surface area contributed by atoms with Gasteiger partial charge in [-0.25, -0.2) is 4.39 Å². The first-order valence-electron chi connectivity index (χ1n) is 8.29. The van der Waals surface area contributed by atoms with Crippen molar-refractivity contribution in [2.24, 2.45) is 0 Å². The fourth-order valence-electron chi connectivity index (χ4n) is 3.78. The van der Waals surface area contributed by atoms with E-state index in [9.17, 15) is 4.39 Å². The number of benzene rings is 1. The van der Waals surface area contributed by atoms with Crippen LogP contribution in [0.3, 0.4) is 0 Å². The van der Waals surface area contributed by atoms with Crippen molar-refractivity contribution in [1.29, 1.82) is 0 Å². The molecule has 4 nitrogen and oxygen atoms in total. The van der Waals surface area contributed by atoms with E-state index in [0.29, 0.717) is 23.0 Å². The van der Waals surface area contributed by atoms with Gasteiger partial charge in [-0.1, -0.05) is 17.7 Å². The molecule has 6 heteroatoms. The summed E-state index contributed by atoms with van der Waals surface area (Å²) in [4.78, 5) is 2.32. The largest absolute Gasteiger partial charge is 0.315 e. The van der Waals surface area contributed by atoms with Crippen LogP contribution in [0.4, 0.5) is 4.39 Å². The molecule has 0 spiro atoms. The zero-order valence-corrected chi connectivity index (χ0v) is 13.8. The monoisotopic (exact) mass is 334 g/mol. The molecule has 0 unspecified atom stereocenters. The van der Waals surface area contributed by atoms with Gasteiger partial charge in [0.1, 0.15) is 17.5 Å². The summed E-state index contributed by atoms with van der Waals surface area (Å²) in [5.41, 5.74) is 0.710. The lowest BCUT2D eigenvalue weighted by molar-refractivity contribution is 0.192. The predicted molar refractivity (Wildman–Crippen MR) is 87.0 cm³/mol. The molecule has 3 heterocycles. The quantitative estimate of drug-likeness (QED) is 0.862. The van der Waals surface area contributed by atoms with Gasteiger partial charge < -0.3 is 4.57 Å². The van der Waals surface area contributed by atoms with Gasteiger partial charge in [-0.2, -0.15) is 0 Å². The van der Waals surface area contributed by atoms with E-state index in [-0.39, 0.29) is 5.82 Å². The minimum atomic E-state index is -0.219. The summed E-state index contributed by atoms with van der Waals surface area (Å²) in [6, 6.07) is 4.94. The number of halogens is 2. The molecule has 2 aliphatic heterocycles. The van der Waals surface area contributed by atoms with Crippen molar-refractivity contribution in [1.82, 2.24) is 19.7 Å². The summed E-state index contributed by atoms with van der Waals surface area (Å²) < 4.78 is 16.3. The number of hydrogen-bond acceptors (Lipinski definition) is 3. The molecule has 1 aromatic carbocycles. The van der Waals surface area contributed by atoms with Gasteiger partial charge in [0.25, 0.3) is 0 Å². The first-order chi connectivity index (χ1) is 11.2. The minimum Gasteiger partial charge on any atom is -0.315 e. The second kappa shape index (κ2) is 6.21. The molecule has 23 heavy (non-hydrogen) atoms. The lowest BCUT2D eigenvalue weighted by Crippen LogP contribution is -2.35. The Labute approximate surface area is 140 Å². The van der Waals surface area contributed by atoms with Gasteiger partial charge in [0.2, 0.25) is 0 Å². The van der Waals surface area contributed by atoms with Crippen molar-refractivity contribution >= 4 is 11.6 Å². The minimum absolute atomic E-state index is 0.219. The number of nitrogens with zero attached hydrogens (tertiary/aromatic N) is 4. The standard InChI is InChI=1S/C17H20ClFN4/c18-14-6-5-12(15(19)9-14)10-22-7-1-3-13(11-22)17-21-20-16-4-2-8-23(16)17/h5-6,9,13H,1-4,7-8,10-11H2/t13-/m0/s1. The second-order valence-electron chi connectivity index (χ2n) is 6.54. The summed E-state index contributed by atoms with van der Waals surface area (Å²) in [6.45, 7) is 3.58. The van der Waals surface area contributed by atoms with E-state index < -0.39 is 0 Å². The summed E-state index contributed by atoms with van der Waals surface area (Å²) in [7, 11) is 0. The van der Waals surface area contributed by atoms with Crippen LogP contribution in [0.15, 0.2) is 18.2 Å². The zero-order valence-electron chi connectivity index (χ0n) is 13.0. The highest BCUT2D eigenvalue weighted by atomic mass is 35.5. The van der Waals surface area contributed by atoms with E-state index in [0.717, 1.165) is 50.5 Å². The van der Waals surface area contributed by atoms with Crippen LogP contribution in [0.5, 0.6) is 0 Å². The van der Waals surface area contributed by atoms with Crippen LogP contribution in [0.2, 0.25) is 5.02 Å². The number of hydrogen-bond donors (Lipinski definition) is 0. The molecule has 2 aromatic rings. The third-order valence-corrected chi connectivity index (χ3v) is 5.15. The Kier molecular flexibility index (Phi) is 4.07. The third-order valence-electron chi connectivity index (χ3n) is 4.92. The number of rotatable bonds is 3. The highest BCUT2D eigenvalue weighted by Crippen LogP contribution is 2.29. The van der Waals surface area contributed by atoms with Gasteiger partial charge in [0.15, 0.2) is 0 Å². The molecule has 1 atom stereocenters. The maximum absolute atomic E-state index is 14.0. The van der Waals surface area contributed by atoms with E-state index in [4.69, 9.17) is 11.6 Å². The van der Waals surface area contributed by atoms with Crippen molar-refractivity contribution in [3.8, 4) is 0 Å². The van der Waals surface area contributed by atoms with Gasteiger partial charge in [-0.15, -0.1) is 10.2 Å². The number of likely N-dealkylation sites (tertiary alicyclic amines) is 1. The summed E-state index contributed by atoms with van der Waals surface area (Å²) in [5, 5.41) is 9.20. The average Bonchev–Trinajstić information content (AvgIpc) is 3.13. The van der Waals surface area contributed by atoms with Crippen molar-refractivity contribution in [3.05, 3.63) is 46.3 Å². The van der Waals surface area contributed by atoms with E-state index >= 15 is 0 Å². The zero-order chi connectivity index (χ0) is 15.8. The van der Waals surface area contributed by atoms with Gasteiger partial charge >= 0.3 is 0 Å². The van der Waals surface area contributed by atoms with Crippen LogP contribution < -0.4 is 0 Å². The fraction of sp³-hybridized carbons (Fsp3) is 0.529. The Morgan fingerprint density at radius 2 is 2.13 bits per heavy atom. The molecule has 4 rings (SSSR count). The molecule has 0 N–H and O–H groups in total. The maximum Gasteiger partial charge on any atom is 0.137 e. The summed E-state index contributed by atoms with van der Waals surface area (Å²) in [5.74, 6) is 2.43. The third kappa shape index (κ3) is 3.00. The molecule has 122 valence electrons. The number of aromatic nitrogens is 3. The molecule has 0 saturated carbocycles. The van der Waals surface area contributed by atoms with Crippen LogP contribution in [0, 0.1) is 5.82 Å². The van der Waals surface area contributed by atoms with Gasteiger partial charge in [-0.3, -0.25) is 4.90 Å². The van der Waals surface area contributed by atoms with Crippen molar-refractivity contribution < 1.29 is 4.39 Å². The Morgan fingerprint density at radius 3 is 3.00 bits per heavy atom. The smallest absolute Gasteiger partial charge is 0.137 e. The number of piperidine rings is 1. The summed E-state index contributed by atoms with van der Waals surface area (Å²) in [6.07, 6.45) is 4.46. The van der Waals surface area contributed by atoms with E-state index in [1.807, 2.05) is 0 Å². The Morgan fingerprint density at radius 1 is 1.22 bits per heavy atom. The lowest BCUT2D eigenvalue weighted by atomic mass is 9.96. The van der Waals surface area contributed by atoms with Crippen molar-refractivity contribution in [3.63, 3.8) is 0 Å². The molecule has 0 aliphatic carbocycles. The maximum atomic E-state index is 14.0. The van der Waals surface area contributed by atoms with E-state index in [2.05, 4.69) is 19.7 Å². The molecular formula is C17H20ClFN4. The van der Waals surface area contributed by atoms with E-state index in [1.165, 1.54) is 12.5 Å². The fourth-order valence-corrected chi connectivity index (χ4v) is 3.93. The molecular weight excluding hydrogens is 315 g/mol. The highest BCUT2D eigenvalue weighted by molar-refractivity contribution is 6.30. The van der Waals surface area contributed by atoms with Crippen LogP contribution in [0.1, 0.15) is 42.4 Å². The van der Waals surface area contributed by atoms with Crippen LogP contribution in [-0.4, -0.2) is 32.8 Å². The van der Waals surface area contributed by atoms with Crippen LogP contribution in [-0.2, 0) is 19.5 Å². The average molecular weight is 335 g/mol. The Balaban J connectivity index is 1.48. The van der Waals surface area contributed by atoms with Crippen LogP contribution in [0.25, 0.3) is 0 Å². The van der Waals surface area contributed by atoms with Crippen molar-refractivity contribution in [2.75, 3.05) is 13.1 Å². The Hall–Kier alpha value is -1.46.